The van der Waals surface area contributed by atoms with Gasteiger partial charge in [0.25, 0.3) is 0 Å². The summed E-state index contributed by atoms with van der Waals surface area (Å²) >= 11 is 5.82. The second-order valence-electron chi connectivity index (χ2n) is 5.50. The van der Waals surface area contributed by atoms with Crippen LogP contribution in [0.15, 0.2) is 73.1 Å². The molecule has 4 nitrogen and oxygen atoms in total. The topological polar surface area (TPSA) is 39.9 Å². The Balaban J connectivity index is 2.15. The summed E-state index contributed by atoms with van der Waals surface area (Å²) in [4.78, 5) is 8.98. The molecule has 0 saturated heterocycles. The molecule has 0 radical (unpaired) electrons. The van der Waals surface area contributed by atoms with Crippen molar-refractivity contribution in [2.45, 2.75) is 0 Å². The van der Waals surface area contributed by atoms with E-state index in [0.717, 1.165) is 33.7 Å². The first-order valence-electron chi connectivity index (χ1n) is 7.85. The maximum Gasteiger partial charge on any atom is 0.146 e. The van der Waals surface area contributed by atoms with E-state index in [2.05, 4.69) is 4.98 Å². The summed E-state index contributed by atoms with van der Waals surface area (Å²) < 4.78 is 8.21. The van der Waals surface area contributed by atoms with Gasteiger partial charge in [-0.15, -0.1) is 0 Å². The van der Waals surface area contributed by atoms with Gasteiger partial charge in [0.05, 0.1) is 18.3 Å². The van der Waals surface area contributed by atoms with Crippen LogP contribution in [0, 0.1) is 4.64 Å². The van der Waals surface area contributed by atoms with Gasteiger partial charge in [-0.2, -0.15) is 0 Å². The van der Waals surface area contributed by atoms with Crippen molar-refractivity contribution in [3.05, 3.63) is 77.7 Å². The Bertz CT molecular complexity index is 1110. The number of rotatable bonds is 3. The van der Waals surface area contributed by atoms with Crippen molar-refractivity contribution >= 4 is 23.1 Å². The van der Waals surface area contributed by atoms with Gasteiger partial charge in [-0.1, -0.05) is 36.5 Å². The van der Waals surface area contributed by atoms with Gasteiger partial charge in [0.2, 0.25) is 0 Å². The fraction of sp³-hybridized carbons (Fsp3) is 0.0500. The van der Waals surface area contributed by atoms with Gasteiger partial charge in [0.1, 0.15) is 16.2 Å². The number of pyridine rings is 1. The molecule has 2 aromatic heterocycles. The fourth-order valence-corrected chi connectivity index (χ4v) is 3.22. The maximum absolute atomic E-state index is 5.82. The monoisotopic (exact) mass is 345 g/mol. The summed E-state index contributed by atoms with van der Waals surface area (Å²) in [6.07, 6.45) is 3.50. The molecule has 5 heteroatoms. The molecular formula is C20H15N3OS. The van der Waals surface area contributed by atoms with Crippen molar-refractivity contribution in [1.29, 1.82) is 0 Å². The van der Waals surface area contributed by atoms with Crippen LogP contribution in [-0.2, 0) is 0 Å². The Morgan fingerprint density at radius 3 is 2.44 bits per heavy atom. The molecule has 2 heterocycles. The highest BCUT2D eigenvalue weighted by Crippen LogP contribution is 2.30. The number of methoxy groups -OCH3 is 1. The van der Waals surface area contributed by atoms with Crippen LogP contribution >= 0.6 is 12.2 Å². The van der Waals surface area contributed by atoms with E-state index in [9.17, 15) is 0 Å². The maximum atomic E-state index is 5.82. The second-order valence-corrected chi connectivity index (χ2v) is 5.89. The third-order valence-corrected chi connectivity index (χ3v) is 4.44. The first kappa shape index (κ1) is 15.5. The Kier molecular flexibility index (Phi) is 3.99. The van der Waals surface area contributed by atoms with Crippen molar-refractivity contribution in [3.8, 4) is 22.8 Å². The van der Waals surface area contributed by atoms with Crippen molar-refractivity contribution in [2.24, 2.45) is 0 Å². The van der Waals surface area contributed by atoms with Crippen LogP contribution in [0.3, 0.4) is 0 Å². The predicted octanol–water partition coefficient (Wildman–Crippen LogP) is 4.83. The lowest BCUT2D eigenvalue weighted by Gasteiger charge is -2.17. The van der Waals surface area contributed by atoms with Crippen LogP contribution in [0.2, 0.25) is 0 Å². The molecule has 0 amide bonds. The first-order valence-corrected chi connectivity index (χ1v) is 8.26. The lowest BCUT2D eigenvalue weighted by atomic mass is 10.2. The lowest BCUT2D eigenvalue weighted by molar-refractivity contribution is 0.413. The molecule has 25 heavy (non-hydrogen) atoms. The van der Waals surface area contributed by atoms with Gasteiger partial charge in [0, 0.05) is 23.3 Å². The highest BCUT2D eigenvalue weighted by Gasteiger charge is 2.15. The van der Waals surface area contributed by atoms with Gasteiger partial charge in [-0.05, 0) is 36.4 Å². The molecule has 0 unspecified atom stereocenters. The molecule has 0 aliphatic rings. The number of fused-ring (bicyclic) bond motifs is 1. The molecule has 4 rings (SSSR count). The van der Waals surface area contributed by atoms with Crippen molar-refractivity contribution in [2.75, 3.05) is 7.11 Å². The Labute approximate surface area is 150 Å². The zero-order chi connectivity index (χ0) is 17.2. The Morgan fingerprint density at radius 2 is 1.64 bits per heavy atom. The van der Waals surface area contributed by atoms with E-state index in [1.165, 1.54) is 0 Å². The first-order chi connectivity index (χ1) is 12.3. The van der Waals surface area contributed by atoms with Gasteiger partial charge in [0.15, 0.2) is 0 Å². The van der Waals surface area contributed by atoms with E-state index < -0.39 is 0 Å². The molecule has 0 bridgehead atoms. The highest BCUT2D eigenvalue weighted by molar-refractivity contribution is 7.71. The van der Waals surface area contributed by atoms with Crippen molar-refractivity contribution < 1.29 is 4.74 Å². The number of nitrogens with zero attached hydrogens (tertiary/aromatic N) is 3. The number of ether oxygens (including phenoxy) is 1. The lowest BCUT2D eigenvalue weighted by Crippen LogP contribution is -2.07. The van der Waals surface area contributed by atoms with E-state index in [-0.39, 0.29) is 0 Å². The van der Waals surface area contributed by atoms with Crippen LogP contribution in [0.5, 0.6) is 5.75 Å². The van der Waals surface area contributed by atoms with E-state index in [4.69, 9.17) is 21.9 Å². The van der Waals surface area contributed by atoms with Crippen LogP contribution in [0.1, 0.15) is 0 Å². The van der Waals surface area contributed by atoms with Crippen molar-refractivity contribution in [1.82, 2.24) is 14.5 Å². The van der Waals surface area contributed by atoms with E-state index in [0.29, 0.717) is 4.64 Å². The summed E-state index contributed by atoms with van der Waals surface area (Å²) in [7, 11) is 1.66. The summed E-state index contributed by atoms with van der Waals surface area (Å²) in [5.41, 5.74) is 2.67. The van der Waals surface area contributed by atoms with E-state index in [1.807, 2.05) is 65.2 Å². The molecule has 0 spiro atoms. The third kappa shape index (κ3) is 2.68. The summed E-state index contributed by atoms with van der Waals surface area (Å²) in [5, 5.41) is 0.932. The summed E-state index contributed by atoms with van der Waals surface area (Å²) in [5.74, 6) is 1.50. The molecule has 0 saturated carbocycles. The smallest absolute Gasteiger partial charge is 0.146 e. The molecule has 0 aliphatic heterocycles. The largest absolute Gasteiger partial charge is 0.495 e. The number of hydrogen-bond acceptors (Lipinski definition) is 4. The Morgan fingerprint density at radius 1 is 0.920 bits per heavy atom. The number of benzene rings is 2. The zero-order valence-electron chi connectivity index (χ0n) is 13.6. The van der Waals surface area contributed by atoms with E-state index in [1.54, 1.807) is 19.5 Å². The molecule has 0 N–H and O–H groups in total. The molecular weight excluding hydrogens is 330 g/mol. The zero-order valence-corrected chi connectivity index (χ0v) is 14.4. The fourth-order valence-electron chi connectivity index (χ4n) is 2.87. The molecule has 0 aliphatic carbocycles. The molecule has 122 valence electrons. The predicted molar refractivity (Wildman–Crippen MR) is 102 cm³/mol. The minimum absolute atomic E-state index is 0.696. The normalized spacial score (nSPS) is 10.8. The van der Waals surface area contributed by atoms with Gasteiger partial charge >= 0.3 is 0 Å². The van der Waals surface area contributed by atoms with Crippen LogP contribution < -0.4 is 4.74 Å². The van der Waals surface area contributed by atoms with Gasteiger partial charge in [-0.3, -0.25) is 9.55 Å². The molecule has 0 fully saturated rings. The quantitative estimate of drug-likeness (QED) is 0.499. The Hall–Kier alpha value is -3.05. The van der Waals surface area contributed by atoms with E-state index >= 15 is 0 Å². The standard InChI is InChI=1S/C20H15N3OS/c1-24-18-9-5-4-8-17(18)23-19(14-10-12-21-13-11-14)22-16-7-3-2-6-15(16)20(23)25/h2-13H,1H3. The van der Waals surface area contributed by atoms with Crippen LogP contribution in [-0.4, -0.2) is 21.6 Å². The number of aromatic nitrogens is 3. The minimum atomic E-state index is 0.696. The summed E-state index contributed by atoms with van der Waals surface area (Å²) in [6.45, 7) is 0. The minimum Gasteiger partial charge on any atom is -0.495 e. The average molecular weight is 345 g/mol. The number of hydrogen-bond donors (Lipinski definition) is 0. The van der Waals surface area contributed by atoms with Crippen molar-refractivity contribution in [3.63, 3.8) is 0 Å². The SMILES string of the molecule is COc1ccccc1-n1c(-c2ccncc2)nc2ccccc2c1=S. The average Bonchev–Trinajstić information content (AvgIpc) is 2.68. The van der Waals surface area contributed by atoms with Crippen LogP contribution in [0.25, 0.3) is 28.0 Å². The number of para-hydroxylation sites is 3. The second kappa shape index (κ2) is 6.45. The third-order valence-electron chi connectivity index (χ3n) is 4.04. The molecule has 4 aromatic rings. The van der Waals surface area contributed by atoms with Gasteiger partial charge < -0.3 is 4.74 Å². The highest BCUT2D eigenvalue weighted by atomic mass is 32.1. The molecule has 2 aromatic carbocycles. The van der Waals surface area contributed by atoms with Crippen LogP contribution in [0.4, 0.5) is 0 Å². The molecule has 0 atom stereocenters. The van der Waals surface area contributed by atoms with Gasteiger partial charge in [-0.25, -0.2) is 4.98 Å². The summed E-state index contributed by atoms with van der Waals surface area (Å²) in [6, 6.07) is 19.6.